The molecule has 0 unspecified atom stereocenters. The molecular weight excluding hydrogens is 444 g/mol. The number of amides is 3. The van der Waals surface area contributed by atoms with E-state index in [1.165, 1.54) is 0 Å². The second kappa shape index (κ2) is 10.3. The summed E-state index contributed by atoms with van der Waals surface area (Å²) in [5.41, 5.74) is 1.05. The lowest BCUT2D eigenvalue weighted by atomic mass is 10.0. The average molecular weight is 483 g/mol. The van der Waals surface area contributed by atoms with Gasteiger partial charge in [0, 0.05) is 32.6 Å². The molecular formula is C27H38N4O4. The van der Waals surface area contributed by atoms with Crippen LogP contribution >= 0.6 is 0 Å². The average Bonchev–Trinajstić information content (AvgIpc) is 3.58. The lowest BCUT2D eigenvalue weighted by molar-refractivity contribution is -0.151. The van der Waals surface area contributed by atoms with Gasteiger partial charge in [-0.15, -0.1) is 0 Å². The van der Waals surface area contributed by atoms with Crippen molar-refractivity contribution >= 4 is 17.7 Å². The van der Waals surface area contributed by atoms with Crippen LogP contribution in [0.3, 0.4) is 0 Å². The van der Waals surface area contributed by atoms with Gasteiger partial charge in [0.1, 0.15) is 12.1 Å². The van der Waals surface area contributed by atoms with Crippen LogP contribution in [-0.2, 0) is 20.9 Å². The highest BCUT2D eigenvalue weighted by molar-refractivity contribution is 5.94. The number of nitrogens with zero attached hydrogens (tertiary/aromatic N) is 3. The van der Waals surface area contributed by atoms with E-state index < -0.39 is 18.2 Å². The van der Waals surface area contributed by atoms with E-state index in [9.17, 15) is 19.5 Å². The van der Waals surface area contributed by atoms with Crippen LogP contribution in [-0.4, -0.2) is 87.9 Å². The Kier molecular flexibility index (Phi) is 7.12. The molecule has 6 atom stereocenters. The van der Waals surface area contributed by atoms with Crippen LogP contribution in [0.5, 0.6) is 0 Å². The zero-order chi connectivity index (χ0) is 24.5. The van der Waals surface area contributed by atoms with Crippen LogP contribution < -0.4 is 5.32 Å². The van der Waals surface area contributed by atoms with E-state index in [-0.39, 0.29) is 42.8 Å². The van der Waals surface area contributed by atoms with Crippen molar-refractivity contribution in [3.63, 3.8) is 0 Å². The number of β-amino-alcohol motifs (C(OH)–C–C–N with tert-alkyl or cyclic N) is 1. The molecule has 2 N–H and O–H groups in total. The summed E-state index contributed by atoms with van der Waals surface area (Å²) in [6, 6.07) is 8.42. The second-order valence-electron chi connectivity index (χ2n) is 10.8. The Bertz CT molecular complexity index is 934. The first-order chi connectivity index (χ1) is 16.9. The first-order valence-electron chi connectivity index (χ1n) is 13.3. The number of carbonyl (C=O) groups excluding carboxylic acids is 3. The number of piperidine rings is 1. The maximum Gasteiger partial charge on any atom is 0.246 e. The smallest absolute Gasteiger partial charge is 0.246 e. The molecule has 3 heterocycles. The molecule has 4 aliphatic rings. The van der Waals surface area contributed by atoms with Gasteiger partial charge >= 0.3 is 0 Å². The number of carbonyl (C=O) groups is 3. The topological polar surface area (TPSA) is 93.2 Å². The van der Waals surface area contributed by atoms with E-state index in [4.69, 9.17) is 0 Å². The predicted octanol–water partition coefficient (Wildman–Crippen LogP) is 1.52. The summed E-state index contributed by atoms with van der Waals surface area (Å²) >= 11 is 0. The highest BCUT2D eigenvalue weighted by Gasteiger charge is 2.53. The molecule has 1 aromatic carbocycles. The number of benzene rings is 1. The number of likely N-dealkylation sites (tertiary alicyclic amines) is 2. The van der Waals surface area contributed by atoms with E-state index in [0.717, 1.165) is 50.6 Å². The van der Waals surface area contributed by atoms with Gasteiger partial charge in [0.2, 0.25) is 17.7 Å². The summed E-state index contributed by atoms with van der Waals surface area (Å²) in [7, 11) is 1.80. The van der Waals surface area contributed by atoms with Gasteiger partial charge in [0.05, 0.1) is 12.1 Å². The summed E-state index contributed by atoms with van der Waals surface area (Å²) in [5.74, 6) is 0.0351. The molecule has 1 aliphatic carbocycles. The maximum atomic E-state index is 14.1. The van der Waals surface area contributed by atoms with Gasteiger partial charge in [-0.3, -0.25) is 14.4 Å². The molecule has 1 saturated carbocycles. The van der Waals surface area contributed by atoms with Gasteiger partial charge in [0.25, 0.3) is 0 Å². The molecule has 1 aromatic rings. The fraction of sp³-hybridized carbons (Fsp3) is 0.667. The van der Waals surface area contributed by atoms with Crippen LogP contribution in [0, 0.1) is 5.92 Å². The summed E-state index contributed by atoms with van der Waals surface area (Å²) in [6.45, 7) is 1.47. The number of aliphatic hydroxyl groups excluding tert-OH is 1. The number of hydrogen-bond donors (Lipinski definition) is 2. The van der Waals surface area contributed by atoms with Crippen molar-refractivity contribution in [3.05, 3.63) is 35.9 Å². The lowest BCUT2D eigenvalue weighted by Crippen LogP contribution is -2.57. The van der Waals surface area contributed by atoms with E-state index in [1.807, 2.05) is 35.2 Å². The van der Waals surface area contributed by atoms with Crippen molar-refractivity contribution in [2.24, 2.45) is 5.92 Å². The normalized spacial score (nSPS) is 32.5. The van der Waals surface area contributed by atoms with E-state index in [0.29, 0.717) is 18.9 Å². The van der Waals surface area contributed by atoms with Crippen LogP contribution in [0.1, 0.15) is 56.9 Å². The zero-order valence-corrected chi connectivity index (χ0v) is 20.6. The summed E-state index contributed by atoms with van der Waals surface area (Å²) in [6.07, 6.45) is 5.98. The van der Waals surface area contributed by atoms with Gasteiger partial charge in [-0.2, -0.15) is 0 Å². The monoisotopic (exact) mass is 482 g/mol. The highest BCUT2D eigenvalue weighted by Crippen LogP contribution is 2.43. The number of aliphatic hydroxyl groups is 1. The largest absolute Gasteiger partial charge is 0.391 e. The number of nitrogens with one attached hydrogen (secondary N) is 1. The molecule has 0 bridgehead atoms. The Hall–Kier alpha value is -2.45. The molecule has 5 rings (SSSR count). The first kappa shape index (κ1) is 24.3. The van der Waals surface area contributed by atoms with Crippen LogP contribution in [0.15, 0.2) is 30.3 Å². The Morgan fingerprint density at radius 2 is 1.80 bits per heavy atom. The van der Waals surface area contributed by atoms with Crippen molar-refractivity contribution in [1.82, 2.24) is 20.0 Å². The SMILES string of the molecule is CN(Cc1ccccc1)C(=O)[C@@H]1C[C@@H]2CCC[C@@H]2N1C(=O)[C@@H]1C[C@@H](O)CN1C(=O)[C@@H]1CCCCN1. The van der Waals surface area contributed by atoms with Crippen molar-refractivity contribution in [2.75, 3.05) is 20.1 Å². The predicted molar refractivity (Wildman–Crippen MR) is 131 cm³/mol. The maximum absolute atomic E-state index is 14.1. The quantitative estimate of drug-likeness (QED) is 0.664. The molecule has 0 radical (unpaired) electrons. The number of fused-ring (bicyclic) bond motifs is 1. The first-order valence-corrected chi connectivity index (χ1v) is 13.3. The van der Waals surface area contributed by atoms with Gasteiger partial charge in [-0.25, -0.2) is 0 Å². The molecule has 3 saturated heterocycles. The minimum absolute atomic E-state index is 0.0398. The van der Waals surface area contributed by atoms with Crippen LogP contribution in [0.2, 0.25) is 0 Å². The van der Waals surface area contributed by atoms with Gasteiger partial charge in [0.15, 0.2) is 0 Å². The summed E-state index contributed by atoms with van der Waals surface area (Å²) < 4.78 is 0. The number of likely N-dealkylation sites (N-methyl/N-ethyl adjacent to an activating group) is 1. The Balaban J connectivity index is 1.35. The van der Waals surface area contributed by atoms with E-state index in [1.54, 1.807) is 16.8 Å². The van der Waals surface area contributed by atoms with Gasteiger partial charge in [-0.05, 0) is 50.1 Å². The van der Waals surface area contributed by atoms with Crippen molar-refractivity contribution < 1.29 is 19.5 Å². The summed E-state index contributed by atoms with van der Waals surface area (Å²) in [5, 5.41) is 13.7. The van der Waals surface area contributed by atoms with Crippen molar-refractivity contribution in [3.8, 4) is 0 Å². The third-order valence-corrected chi connectivity index (χ3v) is 8.47. The van der Waals surface area contributed by atoms with E-state index >= 15 is 0 Å². The van der Waals surface area contributed by atoms with Crippen LogP contribution in [0.25, 0.3) is 0 Å². The third-order valence-electron chi connectivity index (χ3n) is 8.47. The molecule has 3 aliphatic heterocycles. The molecule has 8 nitrogen and oxygen atoms in total. The molecule has 0 aromatic heterocycles. The molecule has 0 spiro atoms. The molecule has 190 valence electrons. The molecule has 8 heteroatoms. The minimum Gasteiger partial charge on any atom is -0.391 e. The fourth-order valence-corrected chi connectivity index (χ4v) is 6.74. The Morgan fingerprint density at radius 1 is 1.00 bits per heavy atom. The Labute approximate surface area is 207 Å². The number of hydrogen-bond acceptors (Lipinski definition) is 5. The number of rotatable bonds is 5. The summed E-state index contributed by atoms with van der Waals surface area (Å²) in [4.78, 5) is 46.2. The van der Waals surface area contributed by atoms with Crippen molar-refractivity contribution in [1.29, 1.82) is 0 Å². The zero-order valence-electron chi connectivity index (χ0n) is 20.6. The molecule has 3 amide bonds. The van der Waals surface area contributed by atoms with Gasteiger partial charge < -0.3 is 25.1 Å². The fourth-order valence-electron chi connectivity index (χ4n) is 6.74. The second-order valence-corrected chi connectivity index (χ2v) is 10.8. The minimum atomic E-state index is -0.714. The lowest BCUT2D eigenvalue weighted by Gasteiger charge is -2.36. The van der Waals surface area contributed by atoms with Crippen LogP contribution in [0.4, 0.5) is 0 Å². The van der Waals surface area contributed by atoms with Crippen molar-refractivity contribution in [2.45, 2.75) is 88.2 Å². The molecule has 4 fully saturated rings. The molecule has 35 heavy (non-hydrogen) atoms. The standard InChI is InChI=1S/C27H38N4O4/c1-29(16-18-8-3-2-4-9-18)26(34)24-14-19-10-7-12-22(19)31(24)27(35)23-15-20(32)17-30(23)25(33)21-11-5-6-13-28-21/h2-4,8-9,19-24,28,32H,5-7,10-17H2,1H3/t19-,20+,21-,22-,23-,24-/m0/s1. The Morgan fingerprint density at radius 3 is 2.54 bits per heavy atom. The third kappa shape index (κ3) is 4.83. The van der Waals surface area contributed by atoms with E-state index in [2.05, 4.69) is 5.32 Å². The highest BCUT2D eigenvalue weighted by atomic mass is 16.3. The van der Waals surface area contributed by atoms with Gasteiger partial charge in [-0.1, -0.05) is 43.2 Å².